The van der Waals surface area contributed by atoms with Crippen LogP contribution in [0.25, 0.3) is 0 Å². The lowest BCUT2D eigenvalue weighted by Gasteiger charge is -2.39. The van der Waals surface area contributed by atoms with Crippen LogP contribution in [0.15, 0.2) is 67.7 Å². The smallest absolute Gasteiger partial charge is 0.327 e. The number of anilines is 3. The molecule has 2 fully saturated rings. The van der Waals surface area contributed by atoms with Gasteiger partial charge in [-0.15, -0.1) is 0 Å². The third-order valence-electron chi connectivity index (χ3n) is 7.26. The van der Waals surface area contributed by atoms with Gasteiger partial charge in [-0.2, -0.15) is 0 Å². The van der Waals surface area contributed by atoms with Crippen LogP contribution in [0.4, 0.5) is 22.1 Å². The van der Waals surface area contributed by atoms with Gasteiger partial charge in [0.1, 0.15) is 29.5 Å². The molecular weight excluding hydrogens is 478 g/mol. The van der Waals surface area contributed by atoms with E-state index in [1.54, 1.807) is 47.4 Å². The van der Waals surface area contributed by atoms with Gasteiger partial charge in [0.05, 0.1) is 12.1 Å². The first-order valence-electron chi connectivity index (χ1n) is 13.3. The fraction of sp³-hybridized carbons (Fsp3) is 0.414. The molecule has 0 radical (unpaired) electrons. The Hall–Kier alpha value is -3.69. The molecule has 0 atom stereocenters. The lowest BCUT2D eigenvalue weighted by atomic mass is 9.94. The lowest BCUT2D eigenvalue weighted by Crippen LogP contribution is -2.49. The van der Waals surface area contributed by atoms with Gasteiger partial charge in [0.25, 0.3) is 0 Å². The molecule has 1 aliphatic carbocycles. The van der Waals surface area contributed by atoms with Crippen LogP contribution >= 0.6 is 0 Å². The van der Waals surface area contributed by atoms with Crippen molar-refractivity contribution in [3.63, 3.8) is 0 Å². The summed E-state index contributed by atoms with van der Waals surface area (Å²) in [6, 6.07) is 7.76. The Labute approximate surface area is 225 Å². The third kappa shape index (κ3) is 6.99. The molecule has 0 bridgehead atoms. The number of carbonyl (C=O) groups is 1. The van der Waals surface area contributed by atoms with E-state index in [4.69, 9.17) is 10.5 Å². The normalized spacial score (nSPS) is 19.0. The van der Waals surface area contributed by atoms with Gasteiger partial charge in [0.15, 0.2) is 0 Å². The van der Waals surface area contributed by atoms with Crippen molar-refractivity contribution >= 4 is 23.4 Å². The summed E-state index contributed by atoms with van der Waals surface area (Å²) in [5.74, 6) is 1.99. The van der Waals surface area contributed by atoms with Crippen LogP contribution in [0.5, 0.6) is 5.75 Å². The molecule has 9 nitrogen and oxygen atoms in total. The summed E-state index contributed by atoms with van der Waals surface area (Å²) < 4.78 is 5.66. The van der Waals surface area contributed by atoms with Gasteiger partial charge in [0, 0.05) is 37.9 Å². The van der Waals surface area contributed by atoms with Gasteiger partial charge in [-0.3, -0.25) is 15.1 Å². The van der Waals surface area contributed by atoms with Crippen molar-refractivity contribution in [1.82, 2.24) is 19.8 Å². The average Bonchev–Trinajstić information content (AvgIpc) is 2.94. The molecule has 9 heteroatoms. The van der Waals surface area contributed by atoms with E-state index >= 15 is 0 Å². The number of piperazine rings is 1. The van der Waals surface area contributed by atoms with Crippen molar-refractivity contribution in [2.24, 2.45) is 0 Å². The number of aromatic nitrogens is 2. The number of urea groups is 1. The molecule has 3 heterocycles. The van der Waals surface area contributed by atoms with Crippen LogP contribution < -0.4 is 20.7 Å². The zero-order valence-corrected chi connectivity index (χ0v) is 22.3. The largest absolute Gasteiger partial charge is 0.457 e. The van der Waals surface area contributed by atoms with E-state index in [9.17, 15) is 4.79 Å². The quantitative estimate of drug-likeness (QED) is 0.419. The summed E-state index contributed by atoms with van der Waals surface area (Å²) in [5.41, 5.74) is 7.26. The van der Waals surface area contributed by atoms with E-state index < -0.39 is 0 Å². The SMILES string of the molecule is C=C/C=C(\C=C)Oc1ccc(N2Cc3c(N)ncnc3NC2=O)cc1.CN1CCN(C2CCCCC2)CC1. The maximum atomic E-state index is 12.3. The maximum Gasteiger partial charge on any atom is 0.327 e. The molecular formula is C29H39N7O2. The highest BCUT2D eigenvalue weighted by atomic mass is 16.5. The van der Waals surface area contributed by atoms with E-state index in [-0.39, 0.29) is 6.03 Å². The van der Waals surface area contributed by atoms with Gasteiger partial charge in [-0.1, -0.05) is 38.5 Å². The van der Waals surface area contributed by atoms with Crippen LogP contribution in [-0.2, 0) is 6.54 Å². The zero-order chi connectivity index (χ0) is 26.9. The number of likely N-dealkylation sites (N-methyl/N-ethyl adjacent to an activating group) is 1. The van der Waals surface area contributed by atoms with Crippen LogP contribution in [0.3, 0.4) is 0 Å². The second-order valence-corrected chi connectivity index (χ2v) is 9.84. The molecule has 2 amide bonds. The van der Waals surface area contributed by atoms with E-state index in [2.05, 4.69) is 45.3 Å². The fourth-order valence-corrected chi connectivity index (χ4v) is 5.02. The number of nitrogens with one attached hydrogen (secondary N) is 1. The number of ether oxygens (including phenoxy) is 1. The van der Waals surface area contributed by atoms with Crippen molar-refractivity contribution in [2.45, 2.75) is 44.7 Å². The van der Waals surface area contributed by atoms with Gasteiger partial charge < -0.3 is 15.4 Å². The highest BCUT2D eigenvalue weighted by Gasteiger charge is 2.27. The molecule has 3 aliphatic rings. The van der Waals surface area contributed by atoms with E-state index in [0.717, 1.165) is 6.04 Å². The van der Waals surface area contributed by atoms with Crippen LogP contribution in [0, 0.1) is 0 Å². The molecule has 0 unspecified atom stereocenters. The molecule has 3 N–H and O–H groups in total. The minimum Gasteiger partial charge on any atom is -0.457 e. The van der Waals surface area contributed by atoms with Gasteiger partial charge >= 0.3 is 6.03 Å². The number of rotatable bonds is 6. The summed E-state index contributed by atoms with van der Waals surface area (Å²) in [6.07, 6.45) is 13.6. The van der Waals surface area contributed by atoms with Gasteiger partial charge in [-0.25, -0.2) is 14.8 Å². The Balaban J connectivity index is 0.000000216. The molecule has 1 saturated heterocycles. The van der Waals surface area contributed by atoms with Crippen molar-refractivity contribution in [1.29, 1.82) is 0 Å². The number of hydrogen-bond donors (Lipinski definition) is 2. The number of allylic oxidation sites excluding steroid dienone is 3. The Morgan fingerprint density at radius 3 is 2.45 bits per heavy atom. The van der Waals surface area contributed by atoms with Crippen molar-refractivity contribution < 1.29 is 9.53 Å². The number of hydrogen-bond acceptors (Lipinski definition) is 7. The minimum absolute atomic E-state index is 0.280. The van der Waals surface area contributed by atoms with E-state index in [1.165, 1.54) is 64.6 Å². The third-order valence-corrected chi connectivity index (χ3v) is 7.26. The number of benzene rings is 1. The summed E-state index contributed by atoms with van der Waals surface area (Å²) in [4.78, 5) is 27.0. The van der Waals surface area contributed by atoms with E-state index in [1.807, 2.05) is 0 Å². The topological polar surface area (TPSA) is 99.8 Å². The Morgan fingerprint density at radius 2 is 1.79 bits per heavy atom. The minimum atomic E-state index is -0.280. The summed E-state index contributed by atoms with van der Waals surface area (Å²) >= 11 is 0. The second kappa shape index (κ2) is 13.2. The lowest BCUT2D eigenvalue weighted by molar-refractivity contribution is 0.0913. The Morgan fingerprint density at radius 1 is 1.08 bits per heavy atom. The molecule has 1 aromatic carbocycles. The Bertz CT molecular complexity index is 1130. The van der Waals surface area contributed by atoms with Crippen molar-refractivity contribution in [3.05, 3.63) is 73.3 Å². The second-order valence-electron chi connectivity index (χ2n) is 9.84. The predicted octanol–water partition coefficient (Wildman–Crippen LogP) is 4.81. The highest BCUT2D eigenvalue weighted by molar-refractivity contribution is 6.04. The van der Waals surface area contributed by atoms with Gasteiger partial charge in [0.2, 0.25) is 0 Å². The first kappa shape index (κ1) is 27.3. The molecule has 202 valence electrons. The molecule has 2 aliphatic heterocycles. The van der Waals surface area contributed by atoms with Crippen LogP contribution in [0.1, 0.15) is 37.7 Å². The molecule has 38 heavy (non-hydrogen) atoms. The monoisotopic (exact) mass is 517 g/mol. The molecule has 5 rings (SSSR count). The number of nitrogens with zero attached hydrogens (tertiary/aromatic N) is 5. The summed E-state index contributed by atoms with van der Waals surface area (Å²) in [7, 11) is 2.23. The number of amides is 2. The molecule has 1 aromatic heterocycles. The van der Waals surface area contributed by atoms with Crippen molar-refractivity contribution in [3.8, 4) is 5.75 Å². The fourth-order valence-electron chi connectivity index (χ4n) is 5.02. The number of nitrogen functional groups attached to an aromatic ring is 1. The summed E-state index contributed by atoms with van der Waals surface area (Å²) in [6.45, 7) is 12.8. The summed E-state index contributed by atoms with van der Waals surface area (Å²) in [5, 5.41) is 2.71. The molecule has 1 saturated carbocycles. The van der Waals surface area contributed by atoms with Gasteiger partial charge in [-0.05, 0) is 56.3 Å². The van der Waals surface area contributed by atoms with Crippen LogP contribution in [0.2, 0.25) is 0 Å². The first-order chi connectivity index (χ1) is 18.5. The number of nitrogens with two attached hydrogens (primary N) is 1. The number of carbonyl (C=O) groups excluding carboxylic acids is 1. The van der Waals surface area contributed by atoms with Crippen molar-refractivity contribution in [2.75, 3.05) is 49.2 Å². The first-order valence-corrected chi connectivity index (χ1v) is 13.3. The standard InChI is InChI=1S/C18H17N5O2.C11H22N2/c1-3-5-13(4-2)25-14-8-6-12(7-9-14)23-10-15-16(19)20-11-21-17(15)22-18(23)24;1-12-7-9-13(10-8-12)11-5-3-2-4-6-11/h3-9,11H,1-2,10H2,(H3,19,20,21,22,24);11H,2-10H2,1H3/b13-5+;. The average molecular weight is 518 g/mol. The Kier molecular flexibility index (Phi) is 9.51. The predicted molar refractivity (Wildman–Crippen MR) is 153 cm³/mol. The van der Waals surface area contributed by atoms with E-state index in [0.29, 0.717) is 40.9 Å². The number of fused-ring (bicyclic) bond motifs is 1. The molecule has 2 aromatic rings. The van der Waals surface area contributed by atoms with Crippen LogP contribution in [-0.4, -0.2) is 65.1 Å². The maximum absolute atomic E-state index is 12.3. The highest BCUT2D eigenvalue weighted by Crippen LogP contribution is 2.30. The zero-order valence-electron chi connectivity index (χ0n) is 22.3. The molecule has 0 spiro atoms.